The number of fused-ring (bicyclic) bond motifs is 1. The zero-order chi connectivity index (χ0) is 26.8. The van der Waals surface area contributed by atoms with Crippen molar-refractivity contribution in [3.8, 4) is 17.1 Å². The lowest BCUT2D eigenvalue weighted by atomic mass is 10.0. The molecule has 0 aliphatic rings. The van der Waals surface area contributed by atoms with E-state index in [-0.39, 0.29) is 17.3 Å². The number of aromatic nitrogens is 5. The van der Waals surface area contributed by atoms with Crippen LogP contribution >= 0.6 is 11.6 Å². The number of carbonyl (C=O) groups excluding carboxylic acids is 1. The topological polar surface area (TPSA) is 108 Å². The van der Waals surface area contributed by atoms with Gasteiger partial charge in [0.15, 0.2) is 11.5 Å². The molecule has 0 aliphatic carbocycles. The minimum Gasteiger partial charge on any atom is -0.487 e. The largest absolute Gasteiger partial charge is 0.487 e. The fraction of sp³-hybridized carbons (Fsp3) is 0.222. The molecule has 5 aromatic rings. The monoisotopic (exact) mass is 534 g/mol. The number of ether oxygens (including phenoxy) is 1. The first kappa shape index (κ1) is 25.3. The summed E-state index contributed by atoms with van der Waals surface area (Å²) in [5.41, 5.74) is 3.47. The Labute approximate surface area is 222 Å². The molecule has 3 heterocycles. The van der Waals surface area contributed by atoms with Crippen LogP contribution in [0.3, 0.4) is 0 Å². The Bertz CT molecular complexity index is 1620. The quantitative estimate of drug-likeness (QED) is 0.273. The maximum Gasteiger partial charge on any atom is 0.273 e. The number of para-hydroxylation sites is 1. The second-order valence-electron chi connectivity index (χ2n) is 8.69. The molecule has 0 bridgehead atoms. The minimum atomic E-state index is -0.592. The van der Waals surface area contributed by atoms with Gasteiger partial charge < -0.3 is 14.6 Å². The minimum absolute atomic E-state index is 0.0217. The van der Waals surface area contributed by atoms with E-state index >= 15 is 0 Å². The highest BCUT2D eigenvalue weighted by molar-refractivity contribution is 6.31. The molecule has 194 valence electrons. The van der Waals surface area contributed by atoms with Crippen molar-refractivity contribution in [3.05, 3.63) is 88.4 Å². The van der Waals surface area contributed by atoms with Crippen LogP contribution in [0.1, 0.15) is 47.2 Å². The van der Waals surface area contributed by atoms with E-state index in [1.54, 1.807) is 6.92 Å². The number of halogens is 2. The van der Waals surface area contributed by atoms with Gasteiger partial charge in [0.05, 0.1) is 11.1 Å². The summed E-state index contributed by atoms with van der Waals surface area (Å²) in [7, 11) is 0. The van der Waals surface area contributed by atoms with Gasteiger partial charge in [-0.2, -0.15) is 5.10 Å². The Morgan fingerprint density at radius 1 is 1.26 bits per heavy atom. The molecule has 11 heteroatoms. The Morgan fingerprint density at radius 2 is 2.11 bits per heavy atom. The first-order chi connectivity index (χ1) is 18.4. The molecule has 38 heavy (non-hydrogen) atoms. The highest BCUT2D eigenvalue weighted by Gasteiger charge is 2.21. The Morgan fingerprint density at radius 3 is 2.87 bits per heavy atom. The van der Waals surface area contributed by atoms with E-state index < -0.39 is 17.8 Å². The van der Waals surface area contributed by atoms with Crippen LogP contribution in [-0.4, -0.2) is 30.8 Å². The van der Waals surface area contributed by atoms with E-state index in [1.165, 1.54) is 30.8 Å². The number of carbonyl (C=O) groups is 1. The van der Waals surface area contributed by atoms with Crippen molar-refractivity contribution in [2.45, 2.75) is 40.0 Å². The first-order valence-electron chi connectivity index (χ1n) is 12.0. The lowest BCUT2D eigenvalue weighted by molar-refractivity contribution is 0.0930. The first-order valence-corrected chi connectivity index (χ1v) is 12.3. The van der Waals surface area contributed by atoms with Gasteiger partial charge in [0.1, 0.15) is 36.3 Å². The Balaban J connectivity index is 1.48. The van der Waals surface area contributed by atoms with Crippen molar-refractivity contribution in [2.75, 3.05) is 0 Å². The summed E-state index contributed by atoms with van der Waals surface area (Å²) in [4.78, 5) is 21.7. The van der Waals surface area contributed by atoms with E-state index in [0.717, 1.165) is 22.5 Å². The average molecular weight is 535 g/mol. The second kappa shape index (κ2) is 10.6. The summed E-state index contributed by atoms with van der Waals surface area (Å²) in [6, 6.07) is 11.0. The average Bonchev–Trinajstić information content (AvgIpc) is 3.60. The Hall–Kier alpha value is -4.31. The molecular formula is C27H24ClFN6O3. The molecule has 0 saturated carbocycles. The predicted octanol–water partition coefficient (Wildman–Crippen LogP) is 5.67. The van der Waals surface area contributed by atoms with E-state index in [4.69, 9.17) is 25.8 Å². The summed E-state index contributed by atoms with van der Waals surface area (Å²) in [6.45, 7) is 6.33. The normalized spacial score (nSPS) is 12.0. The van der Waals surface area contributed by atoms with Crippen molar-refractivity contribution < 1.29 is 18.4 Å². The van der Waals surface area contributed by atoms with Gasteiger partial charge in [-0.3, -0.25) is 4.79 Å². The van der Waals surface area contributed by atoms with Gasteiger partial charge in [0, 0.05) is 34.8 Å². The van der Waals surface area contributed by atoms with Crippen LogP contribution in [-0.2, 0) is 13.2 Å². The number of nitrogens with one attached hydrogen (secondary N) is 1. The number of hydrogen-bond donors (Lipinski definition) is 1. The van der Waals surface area contributed by atoms with E-state index in [9.17, 15) is 9.18 Å². The summed E-state index contributed by atoms with van der Waals surface area (Å²) >= 11 is 6.46. The molecule has 1 N–H and O–H groups in total. The van der Waals surface area contributed by atoms with Crippen molar-refractivity contribution in [2.24, 2.45) is 0 Å². The summed E-state index contributed by atoms with van der Waals surface area (Å²) in [6.07, 6.45) is 2.83. The number of nitrogens with zero attached hydrogens (tertiary/aromatic N) is 5. The molecule has 5 rings (SSSR count). The van der Waals surface area contributed by atoms with Gasteiger partial charge in [-0.05, 0) is 50.6 Å². The van der Waals surface area contributed by atoms with Gasteiger partial charge >= 0.3 is 0 Å². The molecule has 0 spiro atoms. The fourth-order valence-electron chi connectivity index (χ4n) is 4.35. The molecule has 9 nitrogen and oxygen atoms in total. The molecule has 0 saturated heterocycles. The van der Waals surface area contributed by atoms with Crippen molar-refractivity contribution >= 4 is 28.4 Å². The van der Waals surface area contributed by atoms with Gasteiger partial charge in [-0.25, -0.2) is 19.0 Å². The standard InChI is InChI=1S/C27H24ClFN6O3/c1-4-35-26(30-14-31-35)20-10-15(2)32-25-18(20)6-5-7-24(25)37-13-21-19(11-17(29)12-22(21)28)16(3)33-27(36)23-8-9-38-34-23/h5-12,14,16H,4,13H2,1-3H3,(H,33,36)/t16-/m0/s1. The highest BCUT2D eigenvalue weighted by Crippen LogP contribution is 2.34. The molecule has 0 unspecified atom stereocenters. The third kappa shape index (κ3) is 4.95. The van der Waals surface area contributed by atoms with Crippen molar-refractivity contribution in [3.63, 3.8) is 0 Å². The Kier molecular flexibility index (Phi) is 7.06. The molecular weight excluding hydrogens is 511 g/mol. The van der Waals surface area contributed by atoms with E-state index in [0.29, 0.717) is 28.9 Å². The molecule has 1 amide bonds. The molecule has 0 fully saturated rings. The van der Waals surface area contributed by atoms with Crippen LogP contribution in [0.5, 0.6) is 5.75 Å². The number of aryl methyl sites for hydroxylation is 2. The van der Waals surface area contributed by atoms with Crippen molar-refractivity contribution in [1.29, 1.82) is 0 Å². The molecule has 3 aromatic heterocycles. The fourth-order valence-corrected chi connectivity index (χ4v) is 4.61. The lowest BCUT2D eigenvalue weighted by Gasteiger charge is -2.20. The van der Waals surface area contributed by atoms with E-state index in [1.807, 2.05) is 42.8 Å². The number of hydrogen-bond acceptors (Lipinski definition) is 7. The molecule has 0 radical (unpaired) electrons. The summed E-state index contributed by atoms with van der Waals surface area (Å²) in [5.74, 6) is 0.282. The van der Waals surface area contributed by atoms with E-state index in [2.05, 4.69) is 20.6 Å². The number of pyridine rings is 1. The second-order valence-corrected chi connectivity index (χ2v) is 9.09. The molecule has 0 aliphatic heterocycles. The lowest BCUT2D eigenvalue weighted by Crippen LogP contribution is -2.28. The van der Waals surface area contributed by atoms with Crippen LogP contribution in [0, 0.1) is 12.7 Å². The maximum absolute atomic E-state index is 14.3. The van der Waals surface area contributed by atoms with Crippen LogP contribution in [0.15, 0.2) is 59.6 Å². The summed E-state index contributed by atoms with van der Waals surface area (Å²) < 4.78 is 27.1. The van der Waals surface area contributed by atoms with Crippen molar-refractivity contribution in [1.82, 2.24) is 30.2 Å². The third-order valence-corrected chi connectivity index (χ3v) is 6.48. The number of amides is 1. The smallest absolute Gasteiger partial charge is 0.273 e. The van der Waals surface area contributed by atoms with Gasteiger partial charge in [-0.15, -0.1) is 0 Å². The predicted molar refractivity (Wildman–Crippen MR) is 139 cm³/mol. The van der Waals surface area contributed by atoms with Crippen LogP contribution < -0.4 is 10.1 Å². The third-order valence-electron chi connectivity index (χ3n) is 6.14. The SMILES string of the molecule is CCn1ncnc1-c1cc(C)nc2c(OCc3c(Cl)cc(F)cc3[C@H](C)NC(=O)c3ccon3)cccc12. The highest BCUT2D eigenvalue weighted by atomic mass is 35.5. The maximum atomic E-state index is 14.3. The summed E-state index contributed by atoms with van der Waals surface area (Å²) in [5, 5.41) is 11.8. The van der Waals surface area contributed by atoms with Gasteiger partial charge in [0.25, 0.3) is 5.91 Å². The number of rotatable bonds is 8. The van der Waals surface area contributed by atoms with Gasteiger partial charge in [-0.1, -0.05) is 28.9 Å². The zero-order valence-electron chi connectivity index (χ0n) is 20.9. The van der Waals surface area contributed by atoms with Crippen LogP contribution in [0.2, 0.25) is 5.02 Å². The molecule has 2 aromatic carbocycles. The number of benzene rings is 2. The van der Waals surface area contributed by atoms with Gasteiger partial charge in [0.2, 0.25) is 0 Å². The van der Waals surface area contributed by atoms with Crippen LogP contribution in [0.25, 0.3) is 22.3 Å². The zero-order valence-corrected chi connectivity index (χ0v) is 21.7. The van der Waals surface area contributed by atoms with Crippen LogP contribution in [0.4, 0.5) is 4.39 Å². The molecule has 1 atom stereocenters.